The first-order valence-corrected chi connectivity index (χ1v) is 4.19. The maximum atomic E-state index is 5.56. The average Bonchev–Trinajstić information content (AvgIpc) is 2.63. The van der Waals surface area contributed by atoms with Crippen molar-refractivity contribution in [3.8, 4) is 0 Å². The fraction of sp³-hybridized carbons (Fsp3) is 0.375. The molecule has 0 radical (unpaired) electrons. The van der Waals surface area contributed by atoms with Crippen LogP contribution in [-0.2, 0) is 0 Å². The molecule has 0 saturated carbocycles. The van der Waals surface area contributed by atoms with Crippen molar-refractivity contribution in [2.24, 2.45) is 5.73 Å². The number of pyridine rings is 1. The largest absolute Gasteiger partial charge is 0.330 e. The van der Waals surface area contributed by atoms with Gasteiger partial charge in [0.15, 0.2) is 5.65 Å². The Bertz CT molecular complexity index is 408. The van der Waals surface area contributed by atoms with Crippen LogP contribution in [0.25, 0.3) is 5.65 Å². The van der Waals surface area contributed by atoms with Gasteiger partial charge in [-0.3, -0.25) is 0 Å². The third-order valence-electron chi connectivity index (χ3n) is 2.14. The van der Waals surface area contributed by atoms with Gasteiger partial charge in [-0.15, -0.1) is 5.10 Å². The molecular weight excluding hydrogens is 166 g/mol. The highest BCUT2D eigenvalue weighted by atomic mass is 15.5. The third-order valence-corrected chi connectivity index (χ3v) is 2.14. The summed E-state index contributed by atoms with van der Waals surface area (Å²) in [4.78, 5) is 0. The first-order valence-electron chi connectivity index (χ1n) is 4.19. The number of fused-ring (bicyclic) bond motifs is 1. The molecule has 5 heteroatoms. The number of hydrogen-bond acceptors (Lipinski definition) is 4. The van der Waals surface area contributed by atoms with Crippen molar-refractivity contribution in [2.75, 3.05) is 6.54 Å². The van der Waals surface area contributed by atoms with Crippen LogP contribution in [0.3, 0.4) is 0 Å². The summed E-state index contributed by atoms with van der Waals surface area (Å²) in [5, 5.41) is 11.2. The Morgan fingerprint density at radius 3 is 3.15 bits per heavy atom. The summed E-state index contributed by atoms with van der Waals surface area (Å²) in [6.45, 7) is 2.71. The van der Waals surface area contributed by atoms with E-state index in [-0.39, 0.29) is 0 Å². The van der Waals surface area contributed by atoms with Gasteiger partial charge in [-0.05, 0) is 34.5 Å². The van der Waals surface area contributed by atoms with Crippen molar-refractivity contribution in [3.63, 3.8) is 0 Å². The normalized spacial score (nSPS) is 13.4. The SMILES string of the molecule is CC(CN)c1ccc2nnnn2c1. The molecule has 68 valence electrons. The maximum absolute atomic E-state index is 5.56. The van der Waals surface area contributed by atoms with E-state index in [2.05, 4.69) is 22.4 Å². The van der Waals surface area contributed by atoms with Crippen LogP contribution in [0.15, 0.2) is 18.3 Å². The zero-order chi connectivity index (χ0) is 9.26. The van der Waals surface area contributed by atoms with Gasteiger partial charge in [-0.1, -0.05) is 13.0 Å². The molecule has 0 aliphatic heterocycles. The summed E-state index contributed by atoms with van der Waals surface area (Å²) in [5.74, 6) is 0.341. The van der Waals surface area contributed by atoms with Crippen LogP contribution in [0.5, 0.6) is 0 Å². The minimum Gasteiger partial charge on any atom is -0.330 e. The van der Waals surface area contributed by atoms with E-state index in [1.54, 1.807) is 4.52 Å². The van der Waals surface area contributed by atoms with E-state index in [4.69, 9.17) is 5.73 Å². The quantitative estimate of drug-likeness (QED) is 0.710. The van der Waals surface area contributed by atoms with Gasteiger partial charge in [-0.25, -0.2) is 4.52 Å². The molecule has 2 heterocycles. The van der Waals surface area contributed by atoms with E-state index in [1.807, 2.05) is 18.3 Å². The van der Waals surface area contributed by atoms with Gasteiger partial charge < -0.3 is 5.73 Å². The van der Waals surface area contributed by atoms with Crippen molar-refractivity contribution in [2.45, 2.75) is 12.8 Å². The summed E-state index contributed by atoms with van der Waals surface area (Å²) in [6, 6.07) is 3.89. The molecule has 0 fully saturated rings. The predicted octanol–water partition coefficient (Wildman–Crippen LogP) is 0.186. The number of hydrogen-bond donors (Lipinski definition) is 1. The number of nitrogens with two attached hydrogens (primary N) is 1. The minimum absolute atomic E-state index is 0.341. The lowest BCUT2D eigenvalue weighted by Gasteiger charge is -2.07. The van der Waals surface area contributed by atoms with E-state index in [1.165, 1.54) is 0 Å². The van der Waals surface area contributed by atoms with Gasteiger partial charge in [0.05, 0.1) is 0 Å². The van der Waals surface area contributed by atoms with Crippen molar-refractivity contribution in [1.29, 1.82) is 0 Å². The maximum Gasteiger partial charge on any atom is 0.179 e. The lowest BCUT2D eigenvalue weighted by atomic mass is 10.0. The molecule has 0 aliphatic rings. The van der Waals surface area contributed by atoms with Gasteiger partial charge in [0.25, 0.3) is 0 Å². The van der Waals surface area contributed by atoms with Gasteiger partial charge in [0.1, 0.15) is 0 Å². The Hall–Kier alpha value is -1.49. The van der Waals surface area contributed by atoms with Gasteiger partial charge in [-0.2, -0.15) is 0 Å². The van der Waals surface area contributed by atoms with E-state index >= 15 is 0 Å². The second-order valence-electron chi connectivity index (χ2n) is 3.08. The van der Waals surface area contributed by atoms with Gasteiger partial charge in [0, 0.05) is 6.20 Å². The molecule has 0 saturated heterocycles. The molecule has 1 atom stereocenters. The predicted molar refractivity (Wildman–Crippen MR) is 48.3 cm³/mol. The van der Waals surface area contributed by atoms with Crippen LogP contribution < -0.4 is 5.73 Å². The molecule has 2 N–H and O–H groups in total. The Morgan fingerprint density at radius 2 is 2.38 bits per heavy atom. The second kappa shape index (κ2) is 3.10. The highest BCUT2D eigenvalue weighted by molar-refractivity contribution is 5.37. The Kier molecular flexibility index (Phi) is 1.94. The molecule has 2 aromatic heterocycles. The van der Waals surface area contributed by atoms with Crippen molar-refractivity contribution in [3.05, 3.63) is 23.9 Å². The van der Waals surface area contributed by atoms with Crippen LogP contribution in [0.2, 0.25) is 0 Å². The second-order valence-corrected chi connectivity index (χ2v) is 3.08. The highest BCUT2D eigenvalue weighted by Gasteiger charge is 2.04. The molecule has 0 amide bonds. The molecule has 13 heavy (non-hydrogen) atoms. The van der Waals surface area contributed by atoms with Crippen LogP contribution in [-0.4, -0.2) is 26.6 Å². The Labute approximate surface area is 75.5 Å². The lowest BCUT2D eigenvalue weighted by molar-refractivity contribution is 0.751. The standard InChI is InChI=1S/C8H11N5/c1-6(4-9)7-2-3-8-10-11-12-13(8)5-7/h2-3,5-6H,4,9H2,1H3. The fourth-order valence-electron chi connectivity index (χ4n) is 1.18. The molecule has 0 spiro atoms. The van der Waals surface area contributed by atoms with Crippen molar-refractivity contribution in [1.82, 2.24) is 20.0 Å². The summed E-state index contributed by atoms with van der Waals surface area (Å²) < 4.78 is 1.65. The molecular formula is C8H11N5. The van der Waals surface area contributed by atoms with E-state index < -0.39 is 0 Å². The van der Waals surface area contributed by atoms with Crippen LogP contribution in [0, 0.1) is 0 Å². The monoisotopic (exact) mass is 177 g/mol. The first kappa shape index (κ1) is 8.12. The van der Waals surface area contributed by atoms with Gasteiger partial charge in [0.2, 0.25) is 0 Å². The third kappa shape index (κ3) is 1.38. The fourth-order valence-corrected chi connectivity index (χ4v) is 1.18. The highest BCUT2D eigenvalue weighted by Crippen LogP contribution is 2.13. The molecule has 2 rings (SSSR count). The molecule has 0 bridgehead atoms. The molecule has 5 nitrogen and oxygen atoms in total. The van der Waals surface area contributed by atoms with E-state index in [9.17, 15) is 0 Å². The number of rotatable bonds is 2. The smallest absolute Gasteiger partial charge is 0.179 e. The molecule has 0 aliphatic carbocycles. The van der Waals surface area contributed by atoms with Crippen LogP contribution >= 0.6 is 0 Å². The van der Waals surface area contributed by atoms with Crippen LogP contribution in [0.1, 0.15) is 18.4 Å². The number of tetrazole rings is 1. The minimum atomic E-state index is 0.341. The summed E-state index contributed by atoms with van der Waals surface area (Å²) in [7, 11) is 0. The Balaban J connectivity index is 2.48. The summed E-state index contributed by atoms with van der Waals surface area (Å²) >= 11 is 0. The zero-order valence-electron chi connectivity index (χ0n) is 7.38. The topological polar surface area (TPSA) is 69.1 Å². The van der Waals surface area contributed by atoms with E-state index in [0.717, 1.165) is 11.2 Å². The molecule has 2 aromatic rings. The molecule has 1 unspecified atom stereocenters. The van der Waals surface area contributed by atoms with Gasteiger partial charge >= 0.3 is 0 Å². The zero-order valence-corrected chi connectivity index (χ0v) is 7.38. The first-order chi connectivity index (χ1) is 6.31. The van der Waals surface area contributed by atoms with Crippen molar-refractivity contribution >= 4 is 5.65 Å². The summed E-state index contributed by atoms with van der Waals surface area (Å²) in [6.07, 6.45) is 1.91. The number of aromatic nitrogens is 4. The van der Waals surface area contributed by atoms with E-state index in [0.29, 0.717) is 12.5 Å². The van der Waals surface area contributed by atoms with Crippen molar-refractivity contribution < 1.29 is 0 Å². The summed E-state index contributed by atoms with van der Waals surface area (Å²) in [5.41, 5.74) is 7.47. The Morgan fingerprint density at radius 1 is 1.54 bits per heavy atom. The lowest BCUT2D eigenvalue weighted by Crippen LogP contribution is -2.09. The number of nitrogens with zero attached hydrogens (tertiary/aromatic N) is 4. The van der Waals surface area contributed by atoms with Crippen LogP contribution in [0.4, 0.5) is 0 Å². The average molecular weight is 177 g/mol. The molecule has 0 aromatic carbocycles.